The van der Waals surface area contributed by atoms with Crippen molar-refractivity contribution in [3.8, 4) is 11.3 Å². The van der Waals surface area contributed by atoms with Crippen LogP contribution in [-0.2, 0) is 0 Å². The summed E-state index contributed by atoms with van der Waals surface area (Å²) in [5, 5.41) is 10.3. The van der Waals surface area contributed by atoms with Crippen LogP contribution in [0.2, 0.25) is 5.02 Å². The van der Waals surface area contributed by atoms with E-state index in [1.165, 1.54) is 44.5 Å². The minimum absolute atomic E-state index is 0.304. The lowest BCUT2D eigenvalue weighted by molar-refractivity contribution is 0.141. The van der Waals surface area contributed by atoms with Gasteiger partial charge in [0, 0.05) is 35.1 Å². The van der Waals surface area contributed by atoms with Crippen LogP contribution in [0, 0.1) is 5.82 Å². The van der Waals surface area contributed by atoms with Gasteiger partial charge in [-0.05, 0) is 69.1 Å². The number of fused-ring (bicyclic) bond motifs is 3. The van der Waals surface area contributed by atoms with E-state index in [0.29, 0.717) is 28.0 Å². The minimum Gasteiger partial charge on any atom is -0.356 e. The lowest BCUT2D eigenvalue weighted by Gasteiger charge is -2.40. The molecule has 4 aromatic rings. The number of hydrogen-bond donors (Lipinski definition) is 0. The van der Waals surface area contributed by atoms with E-state index in [2.05, 4.69) is 20.1 Å². The van der Waals surface area contributed by atoms with E-state index in [9.17, 15) is 4.39 Å². The third kappa shape index (κ3) is 3.83. The summed E-state index contributed by atoms with van der Waals surface area (Å²) in [7, 11) is 0. The van der Waals surface area contributed by atoms with Crippen molar-refractivity contribution in [3.05, 3.63) is 53.3 Å². The first-order chi connectivity index (χ1) is 16.2. The molecule has 0 spiro atoms. The Bertz CT molecular complexity index is 1310. The molecule has 8 heteroatoms. The number of halogens is 2. The second-order valence-corrected chi connectivity index (χ2v) is 9.53. The molecule has 0 bridgehead atoms. The van der Waals surface area contributed by atoms with Crippen molar-refractivity contribution in [1.29, 1.82) is 0 Å². The van der Waals surface area contributed by atoms with Crippen LogP contribution in [0.25, 0.3) is 27.8 Å². The smallest absolute Gasteiger partial charge is 0.186 e. The molecule has 6 rings (SSSR count). The molecule has 33 heavy (non-hydrogen) atoms. The first-order valence-electron chi connectivity index (χ1n) is 11.8. The molecular weight excluding hydrogens is 439 g/mol. The monoisotopic (exact) mass is 464 g/mol. The molecule has 2 aliphatic rings. The Morgan fingerprint density at radius 1 is 0.939 bits per heavy atom. The van der Waals surface area contributed by atoms with Gasteiger partial charge in [-0.1, -0.05) is 35.4 Å². The Balaban J connectivity index is 1.41. The molecule has 0 N–H and O–H groups in total. The van der Waals surface area contributed by atoms with Crippen LogP contribution < -0.4 is 4.90 Å². The quantitative estimate of drug-likeness (QED) is 0.417. The summed E-state index contributed by atoms with van der Waals surface area (Å²) < 4.78 is 15.6. The van der Waals surface area contributed by atoms with Crippen LogP contribution in [0.15, 0.2) is 42.5 Å². The number of anilines is 1. The number of aromatic nitrogens is 4. The molecule has 0 unspecified atom stereocenters. The van der Waals surface area contributed by atoms with Gasteiger partial charge in [0.2, 0.25) is 0 Å². The first kappa shape index (κ1) is 20.8. The fraction of sp³-hybridized carbons (Fsp3) is 0.400. The van der Waals surface area contributed by atoms with Crippen LogP contribution in [0.1, 0.15) is 32.1 Å². The molecular formula is C25H26ClFN6. The Morgan fingerprint density at radius 3 is 2.55 bits per heavy atom. The molecule has 2 aliphatic heterocycles. The van der Waals surface area contributed by atoms with E-state index in [1.54, 1.807) is 10.6 Å². The predicted octanol–water partition coefficient (Wildman–Crippen LogP) is 5.19. The summed E-state index contributed by atoms with van der Waals surface area (Å²) >= 11 is 6.38. The van der Waals surface area contributed by atoms with Gasteiger partial charge in [-0.25, -0.2) is 9.37 Å². The molecule has 2 aromatic heterocycles. The summed E-state index contributed by atoms with van der Waals surface area (Å²) in [4.78, 5) is 10.1. The fourth-order valence-electron chi connectivity index (χ4n) is 5.36. The van der Waals surface area contributed by atoms with Crippen LogP contribution in [0.3, 0.4) is 0 Å². The van der Waals surface area contributed by atoms with Gasteiger partial charge in [0.25, 0.3) is 0 Å². The van der Waals surface area contributed by atoms with Gasteiger partial charge >= 0.3 is 0 Å². The third-order valence-electron chi connectivity index (χ3n) is 7.06. The standard InChI is InChI=1S/C25H26ClFN6/c26-18-7-8-22-21(16-18)24(32-13-9-20(10-14-32)31-11-2-1-3-12-31)28-25-23(29-30-33(22)25)17-5-4-6-19(27)15-17/h4-8,15-16,20H,1-3,9-14H2. The van der Waals surface area contributed by atoms with Crippen molar-refractivity contribution in [2.75, 3.05) is 31.1 Å². The van der Waals surface area contributed by atoms with E-state index in [0.717, 1.165) is 42.7 Å². The minimum atomic E-state index is -0.304. The second kappa shape index (κ2) is 8.54. The molecule has 2 saturated heterocycles. The maximum absolute atomic E-state index is 13.9. The molecule has 0 saturated carbocycles. The number of benzene rings is 2. The summed E-state index contributed by atoms with van der Waals surface area (Å²) in [6.07, 6.45) is 6.25. The molecule has 0 atom stereocenters. The largest absolute Gasteiger partial charge is 0.356 e. The molecule has 2 aromatic carbocycles. The lowest BCUT2D eigenvalue weighted by atomic mass is 9.99. The van der Waals surface area contributed by atoms with Gasteiger partial charge in [0.05, 0.1) is 5.52 Å². The zero-order chi connectivity index (χ0) is 22.4. The van der Waals surface area contributed by atoms with Gasteiger partial charge < -0.3 is 9.80 Å². The second-order valence-electron chi connectivity index (χ2n) is 9.10. The molecule has 6 nitrogen and oxygen atoms in total. The molecule has 4 heterocycles. The number of piperidine rings is 2. The van der Waals surface area contributed by atoms with E-state index >= 15 is 0 Å². The number of likely N-dealkylation sites (tertiary alicyclic amines) is 1. The molecule has 0 radical (unpaired) electrons. The molecule has 170 valence electrons. The lowest BCUT2D eigenvalue weighted by Crippen LogP contribution is -2.47. The number of nitrogens with zero attached hydrogens (tertiary/aromatic N) is 6. The third-order valence-corrected chi connectivity index (χ3v) is 7.29. The van der Waals surface area contributed by atoms with Gasteiger partial charge in [-0.2, -0.15) is 4.52 Å². The van der Waals surface area contributed by atoms with Crippen LogP contribution in [0.4, 0.5) is 10.2 Å². The number of rotatable bonds is 3. The summed E-state index contributed by atoms with van der Waals surface area (Å²) in [5.74, 6) is 0.596. The van der Waals surface area contributed by atoms with Crippen molar-refractivity contribution < 1.29 is 4.39 Å². The predicted molar refractivity (Wildman–Crippen MR) is 129 cm³/mol. The highest BCUT2D eigenvalue weighted by Gasteiger charge is 2.28. The molecule has 2 fully saturated rings. The van der Waals surface area contributed by atoms with Crippen LogP contribution in [0.5, 0.6) is 0 Å². The van der Waals surface area contributed by atoms with E-state index in [4.69, 9.17) is 16.6 Å². The van der Waals surface area contributed by atoms with E-state index < -0.39 is 0 Å². The van der Waals surface area contributed by atoms with Gasteiger partial charge in [0.15, 0.2) is 5.65 Å². The fourth-order valence-corrected chi connectivity index (χ4v) is 5.53. The average Bonchev–Trinajstić information content (AvgIpc) is 3.28. The van der Waals surface area contributed by atoms with E-state index in [-0.39, 0.29) is 5.82 Å². The summed E-state index contributed by atoms with van der Waals surface area (Å²) in [6.45, 7) is 4.35. The Kier molecular flexibility index (Phi) is 5.38. The zero-order valence-corrected chi connectivity index (χ0v) is 19.2. The Morgan fingerprint density at radius 2 is 1.76 bits per heavy atom. The topological polar surface area (TPSA) is 49.6 Å². The van der Waals surface area contributed by atoms with Crippen molar-refractivity contribution in [2.24, 2.45) is 0 Å². The maximum atomic E-state index is 13.9. The van der Waals surface area contributed by atoms with Crippen LogP contribution in [-0.4, -0.2) is 56.9 Å². The van der Waals surface area contributed by atoms with Gasteiger partial charge in [-0.15, -0.1) is 5.10 Å². The SMILES string of the molecule is Fc1cccc(-c2nnn3c2nc(N2CCC(N4CCCCC4)CC2)c2cc(Cl)ccc23)c1. The molecule has 0 aliphatic carbocycles. The highest BCUT2D eigenvalue weighted by molar-refractivity contribution is 6.31. The maximum Gasteiger partial charge on any atom is 0.186 e. The van der Waals surface area contributed by atoms with Crippen molar-refractivity contribution in [3.63, 3.8) is 0 Å². The number of hydrogen-bond acceptors (Lipinski definition) is 5. The molecule has 0 amide bonds. The first-order valence-corrected chi connectivity index (χ1v) is 12.1. The van der Waals surface area contributed by atoms with Crippen LogP contribution >= 0.6 is 11.6 Å². The van der Waals surface area contributed by atoms with E-state index in [1.807, 2.05) is 24.3 Å². The summed E-state index contributed by atoms with van der Waals surface area (Å²) in [6, 6.07) is 12.9. The highest BCUT2D eigenvalue weighted by atomic mass is 35.5. The Labute approximate surface area is 197 Å². The normalized spacial score (nSPS) is 18.4. The highest BCUT2D eigenvalue weighted by Crippen LogP contribution is 2.33. The van der Waals surface area contributed by atoms with Gasteiger partial charge in [-0.3, -0.25) is 0 Å². The van der Waals surface area contributed by atoms with Gasteiger partial charge in [0.1, 0.15) is 17.3 Å². The van der Waals surface area contributed by atoms with Crippen molar-refractivity contribution in [1.82, 2.24) is 24.7 Å². The van der Waals surface area contributed by atoms with Crippen molar-refractivity contribution in [2.45, 2.75) is 38.1 Å². The Hall–Kier alpha value is -2.77. The zero-order valence-electron chi connectivity index (χ0n) is 18.4. The average molecular weight is 465 g/mol. The van der Waals surface area contributed by atoms with Crippen molar-refractivity contribution >= 4 is 34.0 Å². The summed E-state index contributed by atoms with van der Waals surface area (Å²) in [5.41, 5.74) is 2.77.